The Morgan fingerprint density at radius 3 is 0.857 bits per heavy atom. The molecule has 0 spiro atoms. The van der Waals surface area contributed by atoms with Crippen LogP contribution in [0.5, 0.6) is 0 Å². The van der Waals surface area contributed by atoms with Gasteiger partial charge in [-0.15, -0.1) is 0 Å². The number of hydrogen-bond acceptors (Lipinski definition) is 3. The minimum Gasteiger partial charge on any atom is -0.820 e. The van der Waals surface area contributed by atoms with Crippen LogP contribution < -0.4 is 18.9 Å². The van der Waals surface area contributed by atoms with Crippen LogP contribution in [-0.4, -0.2) is 16.2 Å². The molecule has 0 fully saturated rings. The summed E-state index contributed by atoms with van der Waals surface area (Å²) < 4.78 is 12.5. The summed E-state index contributed by atoms with van der Waals surface area (Å²) in [5.41, 5.74) is 0. The van der Waals surface area contributed by atoms with Crippen molar-refractivity contribution in [1.29, 1.82) is 0 Å². The van der Waals surface area contributed by atoms with Gasteiger partial charge in [0, 0.05) is 7.11 Å². The third kappa shape index (κ3) is 36.3. The van der Waals surface area contributed by atoms with Crippen LogP contribution in [0.3, 0.4) is 0 Å². The Balaban J connectivity index is 0.000000826. The zero-order chi connectivity index (χ0) is 36.0. The molecule has 7 nitrogen and oxygen atoms in total. The number of unbranched alkanes of at least 4 members (excludes halogenated alkanes) is 26. The van der Waals surface area contributed by atoms with E-state index >= 15 is 0 Å². The zero-order valence-electron chi connectivity index (χ0n) is 33.1. The molecule has 0 saturated heterocycles. The van der Waals surface area contributed by atoms with Crippen LogP contribution in [0, 0.1) is 0 Å². The van der Waals surface area contributed by atoms with Gasteiger partial charge >= 0.3 is 0 Å². The van der Waals surface area contributed by atoms with Crippen LogP contribution >= 0.6 is 8.60 Å². The Morgan fingerprint density at radius 1 is 0.449 bits per heavy atom. The van der Waals surface area contributed by atoms with Gasteiger partial charge in [0.2, 0.25) is 12.7 Å². The Bertz CT molecular complexity index is 837. The van der Waals surface area contributed by atoms with E-state index in [0.29, 0.717) is 0 Å². The monoisotopic (exact) mass is 709 g/mol. The second-order valence-electron chi connectivity index (χ2n) is 14.2. The molecular weight excluding hydrogens is 627 g/mol. The minimum atomic E-state index is -2.60. The van der Waals surface area contributed by atoms with Crippen molar-refractivity contribution < 1.29 is 23.4 Å². The lowest BCUT2D eigenvalue weighted by Gasteiger charge is -2.25. The second kappa shape index (κ2) is 38.0. The molecular formula is C41H81N4O3P. The molecule has 0 saturated carbocycles. The van der Waals surface area contributed by atoms with Crippen LogP contribution in [0.15, 0.2) is 37.4 Å². The molecule has 2 aromatic rings. The zero-order valence-corrected chi connectivity index (χ0v) is 34.0. The number of rotatable bonds is 31. The van der Waals surface area contributed by atoms with E-state index in [-0.39, 0.29) is 0 Å². The molecule has 2 heterocycles. The Labute approximate surface area is 305 Å². The normalized spacial score (nSPS) is 11.0. The topological polar surface area (TPSA) is 73.0 Å². The summed E-state index contributed by atoms with van der Waals surface area (Å²) in [5, 5.41) is 0. The average Bonchev–Trinajstić information content (AvgIpc) is 3.72. The molecule has 0 aromatic carbocycles. The highest BCUT2D eigenvalue weighted by Gasteiger charge is 2.01. The van der Waals surface area contributed by atoms with Crippen LogP contribution in [0.25, 0.3) is 0 Å². The fraction of sp³-hybridized carbons (Fsp3) is 0.854. The van der Waals surface area contributed by atoms with Gasteiger partial charge in [-0.05, 0) is 25.7 Å². The number of imidazole rings is 2. The summed E-state index contributed by atoms with van der Waals surface area (Å²) in [5.74, 6) is 0. The molecule has 0 amide bonds. The second-order valence-corrected chi connectivity index (χ2v) is 15.0. The van der Waals surface area contributed by atoms with E-state index < -0.39 is 8.60 Å². The van der Waals surface area contributed by atoms with E-state index in [9.17, 15) is 9.79 Å². The molecule has 0 radical (unpaired) electrons. The van der Waals surface area contributed by atoms with Gasteiger partial charge in [-0.1, -0.05) is 168 Å². The van der Waals surface area contributed by atoms with E-state index in [1.54, 1.807) is 0 Å². The van der Waals surface area contributed by atoms with Crippen molar-refractivity contribution in [3.63, 3.8) is 0 Å². The molecule has 0 N–H and O–H groups in total. The molecule has 288 valence electrons. The van der Waals surface area contributed by atoms with Crippen LogP contribution in [-0.2, 0) is 31.7 Å². The SMILES string of the molecule is CCCCCCCCCCCCCCCCn1cc[n+](C)c1.CCCCCCCCCCCCCCCCn1cc[n+](C)c1.COP([O-])[O-]. The van der Waals surface area contributed by atoms with Crippen molar-refractivity contribution in [2.75, 3.05) is 7.11 Å². The first-order valence-corrected chi connectivity index (χ1v) is 21.7. The Kier molecular flexibility index (Phi) is 37.0. The van der Waals surface area contributed by atoms with Gasteiger partial charge in [0.1, 0.15) is 24.8 Å². The van der Waals surface area contributed by atoms with Crippen LogP contribution in [0.2, 0.25) is 0 Å². The van der Waals surface area contributed by atoms with Gasteiger partial charge < -0.3 is 14.3 Å². The number of nitrogens with zero attached hydrogens (tertiary/aromatic N) is 4. The van der Waals surface area contributed by atoms with Crippen molar-refractivity contribution in [2.24, 2.45) is 14.1 Å². The third-order valence-corrected chi connectivity index (χ3v) is 9.63. The lowest BCUT2D eigenvalue weighted by Crippen LogP contribution is -2.23. The first-order chi connectivity index (χ1) is 23.9. The lowest BCUT2D eigenvalue weighted by atomic mass is 10.0. The standard InChI is InChI=1S/2C20H39N2.CH3O3P/c2*1-3-4-5-6-7-8-9-10-11-12-13-14-15-16-17-22-19-18-21(2)20-22;1-4-5(2)3/h2*18-20H,3-17H2,1-2H3;1H3/q2*+1;-2. The lowest BCUT2D eigenvalue weighted by molar-refractivity contribution is -0.671. The summed E-state index contributed by atoms with van der Waals surface area (Å²) in [4.78, 5) is 18.4. The van der Waals surface area contributed by atoms with Gasteiger partial charge in [0.05, 0.1) is 27.2 Å². The van der Waals surface area contributed by atoms with Crippen molar-refractivity contribution in [2.45, 2.75) is 207 Å². The molecule has 0 aliphatic heterocycles. The first kappa shape index (κ1) is 47.7. The molecule has 0 aliphatic carbocycles. The summed E-state index contributed by atoms with van der Waals surface area (Å²) in [6.07, 6.45) is 53.1. The molecule has 8 heteroatoms. The average molecular weight is 709 g/mol. The Hall–Kier alpha value is -1.27. The van der Waals surface area contributed by atoms with Crippen LogP contribution in [0.4, 0.5) is 0 Å². The Morgan fingerprint density at radius 2 is 0.673 bits per heavy atom. The molecule has 0 bridgehead atoms. The highest BCUT2D eigenvalue weighted by Crippen LogP contribution is 2.14. The predicted octanol–water partition coefficient (Wildman–Crippen LogP) is 10.2. The van der Waals surface area contributed by atoms with Crippen molar-refractivity contribution in [3.05, 3.63) is 37.4 Å². The smallest absolute Gasteiger partial charge is 0.243 e. The fourth-order valence-electron chi connectivity index (χ4n) is 6.25. The first-order valence-electron chi connectivity index (χ1n) is 20.6. The van der Waals surface area contributed by atoms with E-state index in [0.717, 1.165) is 7.11 Å². The van der Waals surface area contributed by atoms with Gasteiger partial charge in [0.15, 0.2) is 0 Å². The maximum absolute atomic E-state index is 9.18. The maximum Gasteiger partial charge on any atom is 0.243 e. The molecule has 49 heavy (non-hydrogen) atoms. The van der Waals surface area contributed by atoms with Gasteiger partial charge in [-0.25, -0.2) is 18.3 Å². The molecule has 2 rings (SSSR count). The van der Waals surface area contributed by atoms with Gasteiger partial charge in [-0.3, -0.25) is 0 Å². The summed E-state index contributed by atoms with van der Waals surface area (Å²) in [6.45, 7) is 6.94. The molecule has 0 atom stereocenters. The number of aromatic nitrogens is 4. The number of aryl methyl sites for hydroxylation is 4. The van der Waals surface area contributed by atoms with E-state index in [1.807, 2.05) is 0 Å². The predicted molar refractivity (Wildman–Crippen MR) is 206 cm³/mol. The van der Waals surface area contributed by atoms with E-state index in [4.69, 9.17) is 0 Å². The molecule has 2 aromatic heterocycles. The largest absolute Gasteiger partial charge is 0.820 e. The molecule has 0 aliphatic rings. The van der Waals surface area contributed by atoms with E-state index in [2.05, 4.69) is 88.2 Å². The fourth-order valence-corrected chi connectivity index (χ4v) is 6.25. The minimum absolute atomic E-state index is 1.10. The van der Waals surface area contributed by atoms with E-state index in [1.165, 1.54) is 193 Å². The summed E-state index contributed by atoms with van der Waals surface area (Å²) in [7, 11) is 2.67. The highest BCUT2D eigenvalue weighted by atomic mass is 31.2. The van der Waals surface area contributed by atoms with Gasteiger partial charge in [-0.2, -0.15) is 8.60 Å². The highest BCUT2D eigenvalue weighted by molar-refractivity contribution is 7.36. The van der Waals surface area contributed by atoms with Crippen molar-refractivity contribution in [1.82, 2.24) is 9.13 Å². The summed E-state index contributed by atoms with van der Waals surface area (Å²) in [6, 6.07) is 0. The van der Waals surface area contributed by atoms with Crippen LogP contribution in [0.1, 0.15) is 194 Å². The van der Waals surface area contributed by atoms with Crippen molar-refractivity contribution >= 4 is 8.60 Å². The number of hydrogen-bond donors (Lipinski definition) is 0. The third-order valence-electron chi connectivity index (χ3n) is 9.34. The quantitative estimate of drug-likeness (QED) is 0.0445. The molecule has 0 unspecified atom stereocenters. The summed E-state index contributed by atoms with van der Waals surface area (Å²) >= 11 is 0. The van der Waals surface area contributed by atoms with Crippen molar-refractivity contribution in [3.8, 4) is 0 Å². The van der Waals surface area contributed by atoms with Gasteiger partial charge in [0.25, 0.3) is 0 Å². The maximum atomic E-state index is 9.18.